The fraction of sp³-hybridized carbons (Fsp3) is 0.896. The van der Waals surface area contributed by atoms with Gasteiger partial charge in [-0.1, -0.05) is 108 Å². The number of carbonyl (C=O) groups is 1. The Morgan fingerprint density at radius 1 is 0.571 bits per heavy atom. The number of unbranched alkanes of at least 4 members (excludes halogenated alkanes) is 12. The van der Waals surface area contributed by atoms with Crippen molar-refractivity contribution < 1.29 is 34.0 Å². The molecule has 0 aromatic carbocycles. The lowest BCUT2D eigenvalue weighted by Gasteiger charge is -2.21. The summed E-state index contributed by atoms with van der Waals surface area (Å²) in [4.78, 5) is 14.8. The molecule has 3 atom stereocenters. The average Bonchev–Trinajstić information content (AvgIpc) is 3.14. The van der Waals surface area contributed by atoms with E-state index < -0.39 is 6.29 Å². The highest BCUT2D eigenvalue weighted by molar-refractivity contribution is 5.69. The maximum atomic E-state index is 12.5. The molecular formula is C48H93NO7. The third kappa shape index (κ3) is 39.5. The van der Waals surface area contributed by atoms with E-state index in [4.69, 9.17) is 18.9 Å². The van der Waals surface area contributed by atoms with Gasteiger partial charge in [0.15, 0.2) is 12.6 Å². The second kappa shape index (κ2) is 40.5. The summed E-state index contributed by atoms with van der Waals surface area (Å²) in [6.45, 7) is 20.2. The number of hydrogen-bond acceptors (Lipinski definition) is 8. The number of rotatable bonds is 42. The summed E-state index contributed by atoms with van der Waals surface area (Å²) in [5.74, 6) is 1.00. The quantitative estimate of drug-likeness (QED) is 0.0273. The maximum absolute atomic E-state index is 12.5. The maximum Gasteiger partial charge on any atom is 0.305 e. The van der Waals surface area contributed by atoms with E-state index in [0.29, 0.717) is 64.1 Å². The van der Waals surface area contributed by atoms with Gasteiger partial charge in [0.25, 0.3) is 0 Å². The lowest BCUT2D eigenvalue weighted by Crippen LogP contribution is -2.29. The van der Waals surface area contributed by atoms with Crippen LogP contribution in [0, 0.1) is 11.8 Å². The van der Waals surface area contributed by atoms with Crippen molar-refractivity contribution in [3.05, 3.63) is 23.3 Å². The van der Waals surface area contributed by atoms with Gasteiger partial charge in [-0.15, -0.1) is 0 Å². The Bertz CT molecular complexity index is 883. The number of nitrogens with zero attached hydrogens (tertiary/aromatic N) is 1. The van der Waals surface area contributed by atoms with Crippen molar-refractivity contribution in [1.82, 2.24) is 4.90 Å². The standard InChI is InChI=1S/C48H93NO7/c1-8-9-10-11-12-13-14-15-16-22-38-53-46(51)30-19-21-35-49(36-37-50)34-20-17-18-29-47(52)54-41-33-48(55-39-31-44(6)27-23-25-42(2)3)56-40-32-45(7)28-24-26-43(4)5/h25-26,44-46,48,50-51H,8-24,27-41H2,1-7H3. The summed E-state index contributed by atoms with van der Waals surface area (Å²) in [7, 11) is 0. The third-order valence-corrected chi connectivity index (χ3v) is 10.6. The molecule has 0 amide bonds. The Hall–Kier alpha value is -1.29. The van der Waals surface area contributed by atoms with Gasteiger partial charge in [0.05, 0.1) is 13.2 Å². The van der Waals surface area contributed by atoms with Crippen LogP contribution >= 0.6 is 0 Å². The first kappa shape index (κ1) is 54.7. The Balaban J connectivity index is 4.25. The van der Waals surface area contributed by atoms with Crippen molar-refractivity contribution in [2.24, 2.45) is 11.8 Å². The van der Waals surface area contributed by atoms with Crippen LogP contribution in [0.25, 0.3) is 0 Å². The second-order valence-electron chi connectivity index (χ2n) is 17.1. The molecule has 0 radical (unpaired) electrons. The molecular weight excluding hydrogens is 703 g/mol. The molecule has 0 bridgehead atoms. The van der Waals surface area contributed by atoms with Gasteiger partial charge in [-0.05, 0) is 130 Å². The van der Waals surface area contributed by atoms with E-state index in [9.17, 15) is 15.0 Å². The van der Waals surface area contributed by atoms with Gasteiger partial charge in [-0.25, -0.2) is 0 Å². The van der Waals surface area contributed by atoms with E-state index in [2.05, 4.69) is 65.5 Å². The van der Waals surface area contributed by atoms with Crippen LogP contribution in [0.15, 0.2) is 23.3 Å². The molecule has 332 valence electrons. The number of aliphatic hydroxyl groups excluding tert-OH is 2. The average molecular weight is 796 g/mol. The molecule has 0 saturated heterocycles. The van der Waals surface area contributed by atoms with E-state index >= 15 is 0 Å². The molecule has 0 rings (SSSR count). The minimum Gasteiger partial charge on any atom is -0.465 e. The first-order valence-corrected chi connectivity index (χ1v) is 23.4. The highest BCUT2D eigenvalue weighted by atomic mass is 16.7. The van der Waals surface area contributed by atoms with E-state index in [1.54, 1.807) is 0 Å². The van der Waals surface area contributed by atoms with Gasteiger partial charge in [0.1, 0.15) is 0 Å². The largest absolute Gasteiger partial charge is 0.465 e. The van der Waals surface area contributed by atoms with Gasteiger partial charge >= 0.3 is 5.97 Å². The fourth-order valence-corrected chi connectivity index (χ4v) is 6.76. The Morgan fingerprint density at radius 2 is 1.09 bits per heavy atom. The van der Waals surface area contributed by atoms with Crippen LogP contribution in [0.2, 0.25) is 0 Å². The molecule has 3 unspecified atom stereocenters. The summed E-state index contributed by atoms with van der Waals surface area (Å²) >= 11 is 0. The molecule has 0 aromatic heterocycles. The first-order valence-electron chi connectivity index (χ1n) is 23.4. The van der Waals surface area contributed by atoms with Crippen molar-refractivity contribution in [1.29, 1.82) is 0 Å². The SMILES string of the molecule is CCCCCCCCCCCCOC(O)CCCCN(CCO)CCCCCC(=O)OCCC(OCCC(C)CCC=C(C)C)OCCC(C)CCC=C(C)C. The lowest BCUT2D eigenvalue weighted by molar-refractivity contribution is -0.163. The molecule has 0 aliphatic carbocycles. The second-order valence-corrected chi connectivity index (χ2v) is 17.1. The highest BCUT2D eigenvalue weighted by Crippen LogP contribution is 2.17. The molecule has 8 nitrogen and oxygen atoms in total. The molecule has 0 saturated carbocycles. The molecule has 0 heterocycles. The highest BCUT2D eigenvalue weighted by Gasteiger charge is 2.14. The molecule has 56 heavy (non-hydrogen) atoms. The van der Waals surface area contributed by atoms with E-state index in [-0.39, 0.29) is 18.9 Å². The van der Waals surface area contributed by atoms with Crippen LogP contribution in [-0.2, 0) is 23.7 Å². The molecule has 0 aliphatic rings. The monoisotopic (exact) mass is 796 g/mol. The first-order chi connectivity index (χ1) is 27.1. The van der Waals surface area contributed by atoms with Crippen molar-refractivity contribution in [2.45, 2.75) is 215 Å². The number of hydrogen-bond donors (Lipinski definition) is 2. The fourth-order valence-electron chi connectivity index (χ4n) is 6.76. The van der Waals surface area contributed by atoms with Crippen molar-refractivity contribution in [3.63, 3.8) is 0 Å². The van der Waals surface area contributed by atoms with Crippen LogP contribution in [0.5, 0.6) is 0 Å². The van der Waals surface area contributed by atoms with Crippen molar-refractivity contribution in [2.75, 3.05) is 52.7 Å². The normalized spacial score (nSPS) is 13.8. The van der Waals surface area contributed by atoms with Crippen LogP contribution in [0.4, 0.5) is 0 Å². The number of esters is 1. The molecule has 2 N–H and O–H groups in total. The van der Waals surface area contributed by atoms with Crippen molar-refractivity contribution in [3.8, 4) is 0 Å². The van der Waals surface area contributed by atoms with E-state index in [0.717, 1.165) is 90.1 Å². The summed E-state index contributed by atoms with van der Waals surface area (Å²) in [6.07, 6.45) is 29.1. The zero-order valence-electron chi connectivity index (χ0n) is 38.0. The zero-order chi connectivity index (χ0) is 41.5. The lowest BCUT2D eigenvalue weighted by atomic mass is 10.0. The third-order valence-electron chi connectivity index (χ3n) is 10.6. The van der Waals surface area contributed by atoms with Gasteiger partial charge in [-0.3, -0.25) is 4.79 Å². The molecule has 0 aliphatic heterocycles. The smallest absolute Gasteiger partial charge is 0.305 e. The van der Waals surface area contributed by atoms with E-state index in [1.807, 2.05) is 0 Å². The Morgan fingerprint density at radius 3 is 1.62 bits per heavy atom. The summed E-state index contributed by atoms with van der Waals surface area (Å²) in [5, 5.41) is 19.8. The number of ether oxygens (including phenoxy) is 4. The van der Waals surface area contributed by atoms with Gasteiger partial charge in [0, 0.05) is 39.2 Å². The Kier molecular flexibility index (Phi) is 39.6. The number of allylic oxidation sites excluding steroid dienone is 4. The minimum absolute atomic E-state index is 0.135. The van der Waals surface area contributed by atoms with Crippen molar-refractivity contribution >= 4 is 5.97 Å². The van der Waals surface area contributed by atoms with Gasteiger partial charge < -0.3 is 34.1 Å². The topological polar surface area (TPSA) is 97.7 Å². The summed E-state index contributed by atoms with van der Waals surface area (Å²) in [5.41, 5.74) is 2.73. The van der Waals surface area contributed by atoms with E-state index in [1.165, 1.54) is 68.9 Å². The van der Waals surface area contributed by atoms with Gasteiger partial charge in [0.2, 0.25) is 0 Å². The molecule has 0 spiro atoms. The van der Waals surface area contributed by atoms with Gasteiger partial charge in [-0.2, -0.15) is 0 Å². The summed E-state index contributed by atoms with van der Waals surface area (Å²) in [6, 6.07) is 0. The molecule has 0 aromatic rings. The number of aliphatic hydroxyl groups is 2. The zero-order valence-corrected chi connectivity index (χ0v) is 38.0. The van der Waals surface area contributed by atoms with Crippen LogP contribution < -0.4 is 0 Å². The van der Waals surface area contributed by atoms with Crippen LogP contribution in [0.1, 0.15) is 203 Å². The molecule has 8 heteroatoms. The Labute approximate surface area is 346 Å². The number of carbonyl (C=O) groups excluding carboxylic acids is 1. The van der Waals surface area contributed by atoms with Crippen LogP contribution in [-0.4, -0.2) is 86.3 Å². The summed E-state index contributed by atoms with van der Waals surface area (Å²) < 4.78 is 23.6. The van der Waals surface area contributed by atoms with Crippen LogP contribution in [0.3, 0.4) is 0 Å². The minimum atomic E-state index is -0.682. The predicted octanol–water partition coefficient (Wildman–Crippen LogP) is 12.1. The molecule has 0 fully saturated rings. The predicted molar refractivity (Wildman–Crippen MR) is 236 cm³/mol.